The van der Waals surface area contributed by atoms with Gasteiger partial charge in [0.15, 0.2) is 0 Å². The summed E-state index contributed by atoms with van der Waals surface area (Å²) in [5, 5.41) is 0. The van der Waals surface area contributed by atoms with Crippen LogP contribution in [0.1, 0.15) is 25.3 Å². The molecular formula is C13H13FIN3O. The molecule has 0 amide bonds. The van der Waals surface area contributed by atoms with Gasteiger partial charge in [0.1, 0.15) is 5.82 Å². The van der Waals surface area contributed by atoms with Gasteiger partial charge in [-0.15, -0.1) is 0 Å². The fraction of sp³-hybridized carbons (Fsp3) is 0.462. The maximum Gasteiger partial charge on any atom is 0.201 e. The predicted molar refractivity (Wildman–Crippen MR) is 78.4 cm³/mol. The number of hydrogen-bond donors (Lipinski definition) is 1. The number of halogens is 2. The molecule has 1 aromatic carbocycles. The lowest BCUT2D eigenvalue weighted by molar-refractivity contribution is 0.0945. The Kier molecular flexibility index (Phi) is 2.54. The molecule has 3 unspecified atom stereocenters. The van der Waals surface area contributed by atoms with Gasteiger partial charge in [-0.25, -0.2) is 9.37 Å². The van der Waals surface area contributed by atoms with Gasteiger partial charge in [-0.2, -0.15) is 0 Å². The number of imidazole rings is 1. The van der Waals surface area contributed by atoms with E-state index in [2.05, 4.69) is 4.98 Å². The average molecular weight is 373 g/mol. The number of hydrogen-bond acceptors (Lipinski definition) is 3. The summed E-state index contributed by atoms with van der Waals surface area (Å²) in [5.41, 5.74) is 7.57. The molecule has 4 rings (SSSR count). The van der Waals surface area contributed by atoms with Gasteiger partial charge in [-0.1, -0.05) is 0 Å². The van der Waals surface area contributed by atoms with Gasteiger partial charge in [-0.3, -0.25) is 0 Å². The van der Waals surface area contributed by atoms with Crippen LogP contribution < -0.4 is 5.73 Å². The normalized spacial score (nSPS) is 29.5. The number of benzene rings is 1. The second-order valence-electron chi connectivity index (χ2n) is 5.27. The Balaban J connectivity index is 1.89. The molecule has 0 radical (unpaired) electrons. The van der Waals surface area contributed by atoms with E-state index in [1.54, 1.807) is 6.07 Å². The zero-order valence-electron chi connectivity index (χ0n) is 10.1. The van der Waals surface area contributed by atoms with Crippen molar-refractivity contribution >= 4 is 39.6 Å². The van der Waals surface area contributed by atoms with Gasteiger partial charge >= 0.3 is 0 Å². The molecule has 3 heterocycles. The molecule has 2 saturated heterocycles. The van der Waals surface area contributed by atoms with Crippen LogP contribution in [-0.2, 0) is 4.74 Å². The molecule has 2 aromatic rings. The average Bonchev–Trinajstić information content (AvgIpc) is 3.03. The third-order valence-electron chi connectivity index (χ3n) is 4.16. The summed E-state index contributed by atoms with van der Waals surface area (Å²) >= 11 is 1.97. The van der Waals surface area contributed by atoms with E-state index >= 15 is 0 Å². The third kappa shape index (κ3) is 1.69. The van der Waals surface area contributed by atoms with Crippen LogP contribution in [0.3, 0.4) is 0 Å². The highest BCUT2D eigenvalue weighted by Crippen LogP contribution is 2.44. The van der Waals surface area contributed by atoms with Crippen LogP contribution in [0.4, 0.5) is 10.3 Å². The summed E-state index contributed by atoms with van der Waals surface area (Å²) < 4.78 is 22.2. The highest BCUT2D eigenvalue weighted by molar-refractivity contribution is 14.1. The summed E-state index contributed by atoms with van der Waals surface area (Å²) in [6.07, 6.45) is 3.67. The molecule has 2 fully saturated rings. The van der Waals surface area contributed by atoms with E-state index in [0.29, 0.717) is 15.6 Å². The number of nitrogen functional groups attached to an aromatic ring is 1. The minimum Gasteiger partial charge on any atom is -0.373 e. The van der Waals surface area contributed by atoms with Crippen LogP contribution in [0.5, 0.6) is 0 Å². The van der Waals surface area contributed by atoms with Crippen molar-refractivity contribution in [2.45, 2.75) is 37.5 Å². The smallest absolute Gasteiger partial charge is 0.201 e. The highest BCUT2D eigenvalue weighted by atomic mass is 127. The largest absolute Gasteiger partial charge is 0.373 e. The maximum atomic E-state index is 13.8. The zero-order valence-corrected chi connectivity index (χ0v) is 12.3. The fourth-order valence-electron chi connectivity index (χ4n) is 3.34. The monoisotopic (exact) mass is 373 g/mol. The predicted octanol–water partition coefficient (Wildman–Crippen LogP) is 2.85. The number of nitrogens with zero attached hydrogens (tertiary/aromatic N) is 2. The number of fused-ring (bicyclic) bond motifs is 3. The molecule has 1 aromatic heterocycles. The summed E-state index contributed by atoms with van der Waals surface area (Å²) in [6.45, 7) is 0. The van der Waals surface area contributed by atoms with Crippen LogP contribution in [0.15, 0.2) is 12.1 Å². The Hall–Kier alpha value is -0.890. The van der Waals surface area contributed by atoms with Crippen molar-refractivity contribution in [3.8, 4) is 0 Å². The lowest BCUT2D eigenvalue weighted by atomic mass is 9.95. The maximum absolute atomic E-state index is 13.8. The van der Waals surface area contributed by atoms with Crippen molar-refractivity contribution < 1.29 is 9.13 Å². The van der Waals surface area contributed by atoms with Crippen LogP contribution in [0, 0.1) is 9.39 Å². The SMILES string of the molecule is Nc1nc2cc(I)c(F)cc2n1C1CC2CCC1O2. The Bertz CT molecular complexity index is 671. The van der Waals surface area contributed by atoms with Gasteiger partial charge in [0, 0.05) is 6.07 Å². The first-order valence-electron chi connectivity index (χ1n) is 6.41. The lowest BCUT2D eigenvalue weighted by Gasteiger charge is -2.22. The van der Waals surface area contributed by atoms with Crippen molar-refractivity contribution in [1.29, 1.82) is 0 Å². The quantitative estimate of drug-likeness (QED) is 0.783. The number of aromatic nitrogens is 2. The van der Waals surface area contributed by atoms with Crippen LogP contribution in [0.25, 0.3) is 11.0 Å². The molecule has 0 spiro atoms. The first-order chi connectivity index (χ1) is 9.13. The Morgan fingerprint density at radius 3 is 2.95 bits per heavy atom. The van der Waals surface area contributed by atoms with Crippen molar-refractivity contribution in [3.05, 3.63) is 21.5 Å². The Morgan fingerprint density at radius 1 is 1.42 bits per heavy atom. The van der Waals surface area contributed by atoms with Gasteiger partial charge in [0.25, 0.3) is 0 Å². The zero-order chi connectivity index (χ0) is 13.1. The summed E-state index contributed by atoms with van der Waals surface area (Å²) in [7, 11) is 0. The lowest BCUT2D eigenvalue weighted by Crippen LogP contribution is -2.22. The van der Waals surface area contributed by atoms with Crippen LogP contribution in [-0.4, -0.2) is 21.8 Å². The number of ether oxygens (including phenoxy) is 1. The first kappa shape index (κ1) is 11.9. The van der Waals surface area contributed by atoms with E-state index < -0.39 is 0 Å². The van der Waals surface area contributed by atoms with Crippen LogP contribution >= 0.6 is 22.6 Å². The molecule has 0 aliphatic carbocycles. The van der Waals surface area contributed by atoms with E-state index in [0.717, 1.165) is 30.3 Å². The minimum atomic E-state index is -0.224. The molecule has 0 saturated carbocycles. The number of anilines is 1. The van der Waals surface area contributed by atoms with Crippen LogP contribution in [0.2, 0.25) is 0 Å². The second kappa shape index (κ2) is 4.05. The molecule has 2 aliphatic heterocycles. The Labute approximate surface area is 123 Å². The summed E-state index contributed by atoms with van der Waals surface area (Å²) in [4.78, 5) is 4.36. The van der Waals surface area contributed by atoms with Crippen molar-refractivity contribution in [1.82, 2.24) is 9.55 Å². The first-order valence-corrected chi connectivity index (χ1v) is 7.49. The second-order valence-corrected chi connectivity index (χ2v) is 6.43. The Morgan fingerprint density at radius 2 is 2.26 bits per heavy atom. The molecule has 100 valence electrons. The summed E-state index contributed by atoms with van der Waals surface area (Å²) in [5.74, 6) is 0.232. The molecule has 19 heavy (non-hydrogen) atoms. The molecular weight excluding hydrogens is 360 g/mol. The topological polar surface area (TPSA) is 53.1 Å². The van der Waals surface area contributed by atoms with Gasteiger partial charge < -0.3 is 15.0 Å². The number of rotatable bonds is 1. The van der Waals surface area contributed by atoms with E-state index in [9.17, 15) is 4.39 Å². The molecule has 3 atom stereocenters. The highest BCUT2D eigenvalue weighted by Gasteiger charge is 2.42. The van der Waals surface area contributed by atoms with Crippen molar-refractivity contribution in [2.75, 3.05) is 5.73 Å². The fourth-order valence-corrected chi connectivity index (χ4v) is 3.79. The molecule has 4 nitrogen and oxygen atoms in total. The van der Waals surface area contributed by atoms with E-state index in [1.165, 1.54) is 6.07 Å². The molecule has 2 N–H and O–H groups in total. The van der Waals surface area contributed by atoms with Gasteiger partial charge in [0.05, 0.1) is 32.9 Å². The van der Waals surface area contributed by atoms with Crippen molar-refractivity contribution in [2.24, 2.45) is 0 Å². The molecule has 2 bridgehead atoms. The van der Waals surface area contributed by atoms with Crippen molar-refractivity contribution in [3.63, 3.8) is 0 Å². The number of nitrogens with two attached hydrogens (primary N) is 1. The molecule has 6 heteroatoms. The van der Waals surface area contributed by atoms with E-state index in [4.69, 9.17) is 10.5 Å². The van der Waals surface area contributed by atoms with E-state index in [-0.39, 0.29) is 18.0 Å². The van der Waals surface area contributed by atoms with Gasteiger partial charge in [-0.05, 0) is 47.9 Å². The van der Waals surface area contributed by atoms with E-state index in [1.807, 2.05) is 27.2 Å². The third-order valence-corrected chi connectivity index (χ3v) is 4.99. The summed E-state index contributed by atoms with van der Waals surface area (Å²) in [6, 6.07) is 3.47. The van der Waals surface area contributed by atoms with Gasteiger partial charge in [0.2, 0.25) is 5.95 Å². The standard InChI is InChI=1S/C13H13FIN3O/c14-7-4-10-9(5-8(7)15)17-13(16)18(10)11-3-6-1-2-12(11)19-6/h4-6,11-12H,1-3H2,(H2,16,17). The molecule has 2 aliphatic rings. The minimum absolute atomic E-state index is 0.197.